The van der Waals surface area contributed by atoms with Crippen LogP contribution in [0.5, 0.6) is 0 Å². The molecule has 0 spiro atoms. The van der Waals surface area contributed by atoms with Crippen LogP contribution in [0.2, 0.25) is 0 Å². The second-order valence-electron chi connectivity index (χ2n) is 8.94. The van der Waals surface area contributed by atoms with E-state index in [1.807, 2.05) is 72.8 Å². The number of benzene rings is 3. The van der Waals surface area contributed by atoms with Gasteiger partial charge in [0, 0.05) is 17.3 Å². The molecule has 0 fully saturated rings. The van der Waals surface area contributed by atoms with E-state index >= 15 is 0 Å². The van der Waals surface area contributed by atoms with E-state index in [0.717, 1.165) is 33.2 Å². The number of hydrogen-bond donors (Lipinski definition) is 4. The van der Waals surface area contributed by atoms with Crippen LogP contribution < -0.4 is 5.32 Å². The van der Waals surface area contributed by atoms with Crippen molar-refractivity contribution in [1.29, 1.82) is 0 Å². The van der Waals surface area contributed by atoms with Crippen molar-refractivity contribution in [1.82, 2.24) is 30.9 Å². The highest BCUT2D eigenvalue weighted by molar-refractivity contribution is 7.52. The Bertz CT molecular complexity index is 1490. The Morgan fingerprint density at radius 2 is 1.59 bits per heavy atom. The molecule has 188 valence electrons. The molecule has 5 aromatic rings. The summed E-state index contributed by atoms with van der Waals surface area (Å²) in [6.07, 6.45) is 2.82. The van der Waals surface area contributed by atoms with Crippen molar-refractivity contribution in [2.75, 3.05) is 0 Å². The largest absolute Gasteiger partial charge is 0.342 e. The van der Waals surface area contributed by atoms with Crippen molar-refractivity contribution in [2.45, 2.75) is 31.1 Å². The van der Waals surface area contributed by atoms with Gasteiger partial charge in [0.2, 0.25) is 0 Å². The van der Waals surface area contributed by atoms with Crippen LogP contribution in [0.1, 0.15) is 29.5 Å². The van der Waals surface area contributed by atoms with Crippen molar-refractivity contribution in [3.05, 3.63) is 108 Å². The van der Waals surface area contributed by atoms with Gasteiger partial charge in [0.1, 0.15) is 5.78 Å². The Hall–Kier alpha value is -3.75. The maximum Gasteiger partial charge on any atom is 0.342 e. The quantitative estimate of drug-likeness (QED) is 0.201. The molecule has 0 amide bonds. The standard InChI is InChI=1S/C27H27N6O3P/c34-37(35,36)26(15-14-24-17-22-8-4-5-9-23(22)18-28-24)29-25(27-30-32-33-31-27)16-19-10-12-21(13-11-19)20-6-2-1-3-7-20/h1-13,17-18,25-26,29H,14-16H2,(H2,34,35,36)(H,30,31,32,33). The third-order valence-electron chi connectivity index (χ3n) is 6.35. The second kappa shape index (κ2) is 11.1. The number of rotatable bonds is 10. The molecule has 0 aliphatic carbocycles. The van der Waals surface area contributed by atoms with E-state index in [0.29, 0.717) is 18.7 Å². The summed E-state index contributed by atoms with van der Waals surface area (Å²) in [4.78, 5) is 24.8. The Labute approximate surface area is 214 Å². The molecule has 4 N–H and O–H groups in total. The van der Waals surface area contributed by atoms with Crippen LogP contribution in [0.15, 0.2) is 91.1 Å². The highest BCUT2D eigenvalue weighted by Gasteiger charge is 2.32. The lowest BCUT2D eigenvalue weighted by Gasteiger charge is -2.25. The summed E-state index contributed by atoms with van der Waals surface area (Å²) in [5.41, 5.74) is 3.96. The molecule has 0 aliphatic heterocycles. The van der Waals surface area contributed by atoms with Crippen molar-refractivity contribution in [2.24, 2.45) is 0 Å². The van der Waals surface area contributed by atoms with Crippen LogP contribution in [0.25, 0.3) is 21.9 Å². The summed E-state index contributed by atoms with van der Waals surface area (Å²) < 4.78 is 12.5. The Morgan fingerprint density at radius 1 is 0.892 bits per heavy atom. The van der Waals surface area contributed by atoms with Crippen LogP contribution in [0.4, 0.5) is 0 Å². The first kappa shape index (κ1) is 24.9. The number of nitrogens with one attached hydrogen (secondary N) is 2. The number of tetrazole rings is 1. The van der Waals surface area contributed by atoms with E-state index in [1.165, 1.54) is 0 Å². The molecule has 0 aliphatic rings. The summed E-state index contributed by atoms with van der Waals surface area (Å²) in [5.74, 6) is -0.686. The molecule has 37 heavy (non-hydrogen) atoms. The van der Waals surface area contributed by atoms with Gasteiger partial charge in [-0.3, -0.25) is 14.9 Å². The number of fused-ring (bicyclic) bond motifs is 1. The highest BCUT2D eigenvalue weighted by atomic mass is 31.2. The molecule has 2 heterocycles. The number of hydrogen-bond acceptors (Lipinski definition) is 6. The van der Waals surface area contributed by atoms with Gasteiger partial charge in [0.25, 0.3) is 0 Å². The lowest BCUT2D eigenvalue weighted by atomic mass is 10.0. The normalized spacial score (nSPS) is 13.5. The van der Waals surface area contributed by atoms with E-state index < -0.39 is 19.4 Å². The Morgan fingerprint density at radius 3 is 2.30 bits per heavy atom. The molecule has 2 aromatic heterocycles. The lowest BCUT2D eigenvalue weighted by Crippen LogP contribution is -2.35. The Kier molecular flexibility index (Phi) is 7.48. The summed E-state index contributed by atoms with van der Waals surface area (Å²) >= 11 is 0. The number of aromatic nitrogens is 5. The number of nitrogens with zero attached hydrogens (tertiary/aromatic N) is 4. The SMILES string of the molecule is O=P(O)(O)C(CCc1cc2ccccc2cn1)NC(Cc1ccc(-c2ccccc2)cc1)c1nnn[nH]1. The van der Waals surface area contributed by atoms with E-state index in [9.17, 15) is 14.4 Å². The first-order valence-electron chi connectivity index (χ1n) is 12.0. The molecule has 0 saturated carbocycles. The van der Waals surface area contributed by atoms with Crippen molar-refractivity contribution in [3.63, 3.8) is 0 Å². The molecule has 5 rings (SSSR count). The van der Waals surface area contributed by atoms with Gasteiger partial charge in [0.05, 0.1) is 6.04 Å². The molecule has 0 bridgehead atoms. The van der Waals surface area contributed by atoms with Crippen LogP contribution in [-0.2, 0) is 17.4 Å². The maximum absolute atomic E-state index is 12.5. The molecular weight excluding hydrogens is 487 g/mol. The summed E-state index contributed by atoms with van der Waals surface area (Å²) in [5, 5.41) is 19.3. The van der Waals surface area contributed by atoms with Crippen molar-refractivity contribution >= 4 is 18.4 Å². The van der Waals surface area contributed by atoms with E-state index in [4.69, 9.17) is 0 Å². The van der Waals surface area contributed by atoms with E-state index in [-0.39, 0.29) is 6.42 Å². The van der Waals surface area contributed by atoms with Crippen molar-refractivity contribution < 1.29 is 14.4 Å². The van der Waals surface area contributed by atoms with Gasteiger partial charge >= 0.3 is 7.60 Å². The fourth-order valence-corrected chi connectivity index (χ4v) is 5.22. The first-order valence-corrected chi connectivity index (χ1v) is 13.7. The number of aryl methyl sites for hydroxylation is 1. The zero-order valence-corrected chi connectivity index (χ0v) is 20.9. The molecular formula is C27H27N6O3P. The maximum atomic E-state index is 12.5. The minimum Gasteiger partial charge on any atom is -0.323 e. The third kappa shape index (κ3) is 6.34. The van der Waals surface area contributed by atoms with E-state index in [1.54, 1.807) is 6.20 Å². The van der Waals surface area contributed by atoms with Gasteiger partial charge in [-0.15, -0.1) is 5.10 Å². The molecule has 10 heteroatoms. The molecule has 2 unspecified atom stereocenters. The van der Waals surface area contributed by atoms with Gasteiger partial charge in [-0.2, -0.15) is 0 Å². The molecule has 0 saturated heterocycles. The van der Waals surface area contributed by atoms with Gasteiger partial charge in [-0.25, -0.2) is 5.10 Å². The molecule has 2 atom stereocenters. The third-order valence-corrected chi connectivity index (χ3v) is 7.57. The zero-order chi connectivity index (χ0) is 25.7. The van der Waals surface area contributed by atoms with Crippen LogP contribution in [0, 0.1) is 0 Å². The van der Waals surface area contributed by atoms with Gasteiger partial charge in [-0.1, -0.05) is 78.9 Å². The molecule has 0 radical (unpaired) electrons. The van der Waals surface area contributed by atoms with Gasteiger partial charge < -0.3 is 9.79 Å². The number of aromatic amines is 1. The fourth-order valence-electron chi connectivity index (χ4n) is 4.38. The van der Waals surface area contributed by atoms with Crippen LogP contribution in [-0.4, -0.2) is 41.2 Å². The minimum absolute atomic E-state index is 0.195. The molecule has 3 aromatic carbocycles. The topological polar surface area (TPSA) is 137 Å². The summed E-state index contributed by atoms with van der Waals surface area (Å²) in [7, 11) is -4.49. The summed E-state index contributed by atoms with van der Waals surface area (Å²) in [6.45, 7) is 0. The zero-order valence-electron chi connectivity index (χ0n) is 20.0. The van der Waals surface area contributed by atoms with Crippen LogP contribution >= 0.6 is 7.60 Å². The van der Waals surface area contributed by atoms with Gasteiger partial charge in [0.15, 0.2) is 5.82 Å². The average Bonchev–Trinajstić information content (AvgIpc) is 3.45. The summed E-state index contributed by atoms with van der Waals surface area (Å²) in [6, 6.07) is 27.5. The number of H-pyrrole nitrogens is 1. The first-order chi connectivity index (χ1) is 18.0. The predicted octanol–water partition coefficient (Wildman–Crippen LogP) is 4.42. The van der Waals surface area contributed by atoms with Crippen LogP contribution in [0.3, 0.4) is 0 Å². The predicted molar refractivity (Wildman–Crippen MR) is 142 cm³/mol. The monoisotopic (exact) mass is 514 g/mol. The van der Waals surface area contributed by atoms with Crippen molar-refractivity contribution in [3.8, 4) is 11.1 Å². The fraction of sp³-hybridized carbons (Fsp3) is 0.185. The average molecular weight is 515 g/mol. The number of pyridine rings is 1. The van der Waals surface area contributed by atoms with Gasteiger partial charge in [-0.05, 0) is 57.8 Å². The Balaban J connectivity index is 1.33. The molecule has 9 nitrogen and oxygen atoms in total. The minimum atomic E-state index is -4.49. The highest BCUT2D eigenvalue weighted by Crippen LogP contribution is 2.43. The smallest absolute Gasteiger partial charge is 0.323 e. The second-order valence-corrected chi connectivity index (χ2v) is 10.7. The van der Waals surface area contributed by atoms with E-state index in [2.05, 4.69) is 43.1 Å². The lowest BCUT2D eigenvalue weighted by molar-refractivity contribution is 0.328.